The van der Waals surface area contributed by atoms with Gasteiger partial charge in [0.05, 0.1) is 22.9 Å². The quantitative estimate of drug-likeness (QED) is 0.923. The maximum absolute atomic E-state index is 12.6. The molecular formula is C15H17F3N2O. The van der Waals surface area contributed by atoms with Crippen LogP contribution < -0.4 is 5.32 Å². The third-order valence-electron chi connectivity index (χ3n) is 4.26. The highest BCUT2D eigenvalue weighted by atomic mass is 19.4. The Labute approximate surface area is 121 Å². The molecule has 1 aliphatic carbocycles. The second kappa shape index (κ2) is 5.23. The van der Waals surface area contributed by atoms with E-state index in [9.17, 15) is 13.2 Å². The second-order valence-electron chi connectivity index (χ2n) is 5.85. The highest BCUT2D eigenvalue weighted by Crippen LogP contribution is 2.44. The molecule has 0 amide bonds. The van der Waals surface area contributed by atoms with Crippen LogP contribution in [0.5, 0.6) is 0 Å². The molecule has 1 N–H and O–H groups in total. The Hall–Kier alpha value is -1.74. The van der Waals surface area contributed by atoms with Crippen molar-refractivity contribution < 1.29 is 17.9 Å². The van der Waals surface area contributed by atoms with E-state index < -0.39 is 11.7 Å². The van der Waals surface area contributed by atoms with Crippen molar-refractivity contribution in [1.29, 1.82) is 5.26 Å². The smallest absolute Gasteiger partial charge is 0.381 e. The van der Waals surface area contributed by atoms with E-state index in [2.05, 4.69) is 5.32 Å². The number of ether oxygens (including phenoxy) is 1. The summed E-state index contributed by atoms with van der Waals surface area (Å²) in [4.78, 5) is 0. The van der Waals surface area contributed by atoms with Gasteiger partial charge in [-0.25, -0.2) is 0 Å². The molecule has 0 spiro atoms. The predicted molar refractivity (Wildman–Crippen MR) is 72.8 cm³/mol. The van der Waals surface area contributed by atoms with Crippen molar-refractivity contribution in [2.45, 2.75) is 38.6 Å². The van der Waals surface area contributed by atoms with E-state index >= 15 is 0 Å². The zero-order valence-corrected chi connectivity index (χ0v) is 12.1. The standard InChI is InChI=1S/C15H17F3N2O/c1-14(2)12(7-13(14)21-3)20-11-5-4-10(15(16,17)18)6-9(11)8-19/h4-6,12-13,20H,7H2,1-3H3. The number of methoxy groups -OCH3 is 1. The van der Waals surface area contributed by atoms with Crippen molar-refractivity contribution in [3.05, 3.63) is 29.3 Å². The first-order valence-corrected chi connectivity index (χ1v) is 6.61. The van der Waals surface area contributed by atoms with E-state index in [-0.39, 0.29) is 23.1 Å². The zero-order chi connectivity index (χ0) is 15.8. The molecule has 1 aromatic carbocycles. The molecule has 3 nitrogen and oxygen atoms in total. The summed E-state index contributed by atoms with van der Waals surface area (Å²) in [6, 6.07) is 5.06. The summed E-state index contributed by atoms with van der Waals surface area (Å²) < 4.78 is 43.3. The van der Waals surface area contributed by atoms with Gasteiger partial charge in [-0.15, -0.1) is 0 Å². The molecule has 1 aromatic rings. The summed E-state index contributed by atoms with van der Waals surface area (Å²) in [7, 11) is 1.64. The van der Waals surface area contributed by atoms with Gasteiger partial charge in [0.15, 0.2) is 0 Å². The summed E-state index contributed by atoms with van der Waals surface area (Å²) >= 11 is 0. The van der Waals surface area contributed by atoms with Crippen LogP contribution >= 0.6 is 0 Å². The minimum atomic E-state index is -4.44. The number of hydrogen-bond acceptors (Lipinski definition) is 3. The molecule has 1 saturated carbocycles. The number of benzene rings is 1. The van der Waals surface area contributed by atoms with Gasteiger partial charge in [0.2, 0.25) is 0 Å². The average Bonchev–Trinajstić information content (AvgIpc) is 2.41. The van der Waals surface area contributed by atoms with E-state index in [1.165, 1.54) is 6.07 Å². The van der Waals surface area contributed by atoms with Crippen molar-refractivity contribution in [3.8, 4) is 6.07 Å². The Bertz CT molecular complexity index is 575. The topological polar surface area (TPSA) is 45.0 Å². The molecule has 0 saturated heterocycles. The van der Waals surface area contributed by atoms with Gasteiger partial charge in [0.1, 0.15) is 6.07 Å². The van der Waals surface area contributed by atoms with Crippen molar-refractivity contribution in [3.63, 3.8) is 0 Å². The fourth-order valence-electron chi connectivity index (χ4n) is 2.66. The number of alkyl halides is 3. The molecule has 0 aliphatic heterocycles. The maximum Gasteiger partial charge on any atom is 0.416 e. The van der Waals surface area contributed by atoms with Crippen LogP contribution in [0.25, 0.3) is 0 Å². The van der Waals surface area contributed by atoms with E-state index in [0.717, 1.165) is 18.6 Å². The van der Waals surface area contributed by atoms with Crippen molar-refractivity contribution in [2.75, 3.05) is 12.4 Å². The van der Waals surface area contributed by atoms with E-state index in [0.29, 0.717) is 5.69 Å². The van der Waals surface area contributed by atoms with Crippen molar-refractivity contribution >= 4 is 5.69 Å². The Kier molecular flexibility index (Phi) is 3.89. The minimum absolute atomic E-state index is 0.00138. The van der Waals surface area contributed by atoms with Crippen LogP contribution in [-0.4, -0.2) is 19.3 Å². The molecule has 6 heteroatoms. The van der Waals surface area contributed by atoms with Crippen LogP contribution in [0.15, 0.2) is 18.2 Å². The van der Waals surface area contributed by atoms with Gasteiger partial charge < -0.3 is 10.1 Å². The molecule has 0 bridgehead atoms. The van der Waals surface area contributed by atoms with Crippen LogP contribution in [0.1, 0.15) is 31.4 Å². The molecule has 0 heterocycles. The molecule has 2 unspecified atom stereocenters. The van der Waals surface area contributed by atoms with Gasteiger partial charge >= 0.3 is 6.18 Å². The van der Waals surface area contributed by atoms with Gasteiger partial charge in [-0.3, -0.25) is 0 Å². The largest absolute Gasteiger partial charge is 0.416 e. The van der Waals surface area contributed by atoms with Gasteiger partial charge in [-0.05, 0) is 24.6 Å². The molecule has 21 heavy (non-hydrogen) atoms. The first kappa shape index (κ1) is 15.6. The highest BCUT2D eigenvalue weighted by molar-refractivity contribution is 5.60. The molecule has 0 aromatic heterocycles. The van der Waals surface area contributed by atoms with Gasteiger partial charge in [0, 0.05) is 18.6 Å². The lowest BCUT2D eigenvalue weighted by molar-refractivity contribution is -0.137. The number of nitriles is 1. The Morgan fingerprint density at radius 3 is 2.52 bits per heavy atom. The van der Waals surface area contributed by atoms with E-state index in [1.54, 1.807) is 7.11 Å². The molecular weight excluding hydrogens is 281 g/mol. The lowest BCUT2D eigenvalue weighted by Gasteiger charge is -2.51. The molecule has 114 valence electrons. The first-order chi connectivity index (χ1) is 9.70. The zero-order valence-electron chi connectivity index (χ0n) is 12.1. The normalized spacial score (nSPS) is 24.0. The number of nitrogens with zero attached hydrogens (tertiary/aromatic N) is 1. The number of nitrogens with one attached hydrogen (secondary N) is 1. The monoisotopic (exact) mass is 298 g/mol. The third kappa shape index (κ3) is 2.84. The lowest BCUT2D eigenvalue weighted by Crippen LogP contribution is -2.57. The summed E-state index contributed by atoms with van der Waals surface area (Å²) in [5, 5.41) is 12.2. The lowest BCUT2D eigenvalue weighted by atomic mass is 9.64. The number of rotatable bonds is 3. The van der Waals surface area contributed by atoms with E-state index in [4.69, 9.17) is 10.00 Å². The fourth-order valence-corrected chi connectivity index (χ4v) is 2.66. The summed E-state index contributed by atoms with van der Waals surface area (Å²) in [5.41, 5.74) is -0.517. The fraction of sp³-hybridized carbons (Fsp3) is 0.533. The summed E-state index contributed by atoms with van der Waals surface area (Å²) in [6.45, 7) is 4.05. The second-order valence-corrected chi connectivity index (χ2v) is 5.85. The molecule has 2 rings (SSSR count). The van der Waals surface area contributed by atoms with Crippen LogP contribution in [0.3, 0.4) is 0 Å². The number of anilines is 1. The molecule has 2 atom stereocenters. The number of hydrogen-bond donors (Lipinski definition) is 1. The Morgan fingerprint density at radius 2 is 2.05 bits per heavy atom. The van der Waals surface area contributed by atoms with Crippen LogP contribution in [0.4, 0.5) is 18.9 Å². The Balaban J connectivity index is 2.21. The van der Waals surface area contributed by atoms with Crippen molar-refractivity contribution in [2.24, 2.45) is 5.41 Å². The van der Waals surface area contributed by atoms with Gasteiger partial charge in [0.25, 0.3) is 0 Å². The van der Waals surface area contributed by atoms with Gasteiger partial charge in [-0.1, -0.05) is 13.8 Å². The highest BCUT2D eigenvalue weighted by Gasteiger charge is 2.48. The van der Waals surface area contributed by atoms with Gasteiger partial charge in [-0.2, -0.15) is 18.4 Å². The van der Waals surface area contributed by atoms with Crippen molar-refractivity contribution in [1.82, 2.24) is 0 Å². The maximum atomic E-state index is 12.6. The first-order valence-electron chi connectivity index (χ1n) is 6.61. The van der Waals surface area contributed by atoms with Crippen LogP contribution in [-0.2, 0) is 10.9 Å². The van der Waals surface area contributed by atoms with Crippen LogP contribution in [0, 0.1) is 16.7 Å². The van der Waals surface area contributed by atoms with E-state index in [1.807, 2.05) is 19.9 Å². The predicted octanol–water partition coefficient (Wildman–Crippen LogP) is 3.80. The Morgan fingerprint density at radius 1 is 1.38 bits per heavy atom. The number of halogens is 3. The third-order valence-corrected chi connectivity index (χ3v) is 4.26. The summed E-state index contributed by atoms with van der Waals surface area (Å²) in [5.74, 6) is 0. The summed E-state index contributed by atoms with van der Waals surface area (Å²) in [6.07, 6.45) is -3.58. The SMILES string of the molecule is COC1CC(Nc2ccc(C(F)(F)F)cc2C#N)C1(C)C. The van der Waals surface area contributed by atoms with Crippen LogP contribution in [0.2, 0.25) is 0 Å². The average molecular weight is 298 g/mol. The molecule has 0 radical (unpaired) electrons. The molecule has 1 aliphatic rings. The molecule has 1 fully saturated rings. The minimum Gasteiger partial charge on any atom is -0.381 e.